The average molecular weight is 342 g/mol. The first-order chi connectivity index (χ1) is 11.9. The number of methoxy groups -OCH3 is 1. The van der Waals surface area contributed by atoms with E-state index in [0.717, 1.165) is 12.7 Å². The summed E-state index contributed by atoms with van der Waals surface area (Å²) in [5.74, 6) is 2.15. The van der Waals surface area contributed by atoms with Gasteiger partial charge in [0.1, 0.15) is 12.0 Å². The first kappa shape index (κ1) is 18.8. The molecule has 0 saturated carbocycles. The summed E-state index contributed by atoms with van der Waals surface area (Å²) in [5, 5.41) is 0. The number of carbonyl (C=O) groups is 1. The second-order valence-corrected chi connectivity index (χ2v) is 6.89. The Bertz CT molecular complexity index is 712. The summed E-state index contributed by atoms with van der Waals surface area (Å²) in [7, 11) is 1.55. The maximum absolute atomic E-state index is 11.2. The Morgan fingerprint density at radius 3 is 2.20 bits per heavy atom. The van der Waals surface area contributed by atoms with Crippen LogP contribution in [0.1, 0.15) is 50.0 Å². The van der Waals surface area contributed by atoms with Crippen LogP contribution >= 0.6 is 0 Å². The van der Waals surface area contributed by atoms with Gasteiger partial charge in [0, 0.05) is 5.56 Å². The van der Waals surface area contributed by atoms with Crippen molar-refractivity contribution in [3.8, 4) is 23.0 Å². The number of hydrogen-bond acceptors (Lipinski definition) is 4. The van der Waals surface area contributed by atoms with Gasteiger partial charge in [0.05, 0.1) is 13.7 Å². The monoisotopic (exact) mass is 342 g/mol. The van der Waals surface area contributed by atoms with Gasteiger partial charge in [-0.15, -0.1) is 0 Å². The normalized spacial score (nSPS) is 11.1. The van der Waals surface area contributed by atoms with E-state index in [4.69, 9.17) is 14.2 Å². The highest BCUT2D eigenvalue weighted by Crippen LogP contribution is 2.41. The molecule has 4 heteroatoms. The quantitative estimate of drug-likeness (QED) is 0.633. The molecule has 0 atom stereocenters. The lowest BCUT2D eigenvalue weighted by molar-refractivity contribution is 0.112. The molecule has 0 aliphatic rings. The molecule has 0 fully saturated rings. The van der Waals surface area contributed by atoms with Gasteiger partial charge in [-0.2, -0.15) is 0 Å². The largest absolute Gasteiger partial charge is 0.493 e. The zero-order chi connectivity index (χ0) is 18.4. The van der Waals surface area contributed by atoms with Gasteiger partial charge in [0.2, 0.25) is 5.75 Å². The summed E-state index contributed by atoms with van der Waals surface area (Å²) >= 11 is 0. The maximum atomic E-state index is 11.2. The molecule has 2 aromatic rings. The van der Waals surface area contributed by atoms with Crippen molar-refractivity contribution < 1.29 is 19.0 Å². The van der Waals surface area contributed by atoms with Gasteiger partial charge >= 0.3 is 0 Å². The molecule has 0 radical (unpaired) electrons. The van der Waals surface area contributed by atoms with Crippen LogP contribution in [0.15, 0.2) is 36.4 Å². The van der Waals surface area contributed by atoms with E-state index in [2.05, 4.69) is 20.8 Å². The van der Waals surface area contributed by atoms with Gasteiger partial charge in [0.15, 0.2) is 11.5 Å². The first-order valence-electron chi connectivity index (χ1n) is 8.47. The Labute approximate surface area is 149 Å². The minimum atomic E-state index is 0.0780. The van der Waals surface area contributed by atoms with E-state index in [1.165, 1.54) is 5.56 Å². The van der Waals surface area contributed by atoms with Crippen molar-refractivity contribution in [2.24, 2.45) is 0 Å². The highest BCUT2D eigenvalue weighted by atomic mass is 16.5. The Hall–Kier alpha value is -2.49. The van der Waals surface area contributed by atoms with E-state index in [9.17, 15) is 4.79 Å². The molecule has 2 rings (SSSR count). The molecule has 0 N–H and O–H groups in total. The van der Waals surface area contributed by atoms with E-state index in [0.29, 0.717) is 35.2 Å². The average Bonchev–Trinajstić information content (AvgIpc) is 2.59. The van der Waals surface area contributed by atoms with E-state index in [1.807, 2.05) is 31.2 Å². The van der Waals surface area contributed by atoms with Crippen LogP contribution in [0.2, 0.25) is 0 Å². The van der Waals surface area contributed by atoms with Crippen molar-refractivity contribution in [2.75, 3.05) is 13.7 Å². The van der Waals surface area contributed by atoms with E-state index >= 15 is 0 Å². The van der Waals surface area contributed by atoms with Crippen molar-refractivity contribution in [3.63, 3.8) is 0 Å². The molecule has 0 aromatic heterocycles. The molecule has 134 valence electrons. The Kier molecular flexibility index (Phi) is 6.07. The van der Waals surface area contributed by atoms with Crippen molar-refractivity contribution in [1.82, 2.24) is 0 Å². The van der Waals surface area contributed by atoms with Crippen molar-refractivity contribution in [1.29, 1.82) is 0 Å². The van der Waals surface area contributed by atoms with Crippen LogP contribution in [-0.4, -0.2) is 20.0 Å². The van der Waals surface area contributed by atoms with Crippen LogP contribution in [0, 0.1) is 0 Å². The van der Waals surface area contributed by atoms with Gasteiger partial charge in [0.25, 0.3) is 0 Å². The molecule has 4 nitrogen and oxygen atoms in total. The lowest BCUT2D eigenvalue weighted by atomic mass is 9.87. The summed E-state index contributed by atoms with van der Waals surface area (Å²) < 4.78 is 17.2. The zero-order valence-electron chi connectivity index (χ0n) is 15.6. The summed E-state index contributed by atoms with van der Waals surface area (Å²) in [6.45, 7) is 9.06. The fraction of sp³-hybridized carbons (Fsp3) is 0.381. The molecule has 2 aromatic carbocycles. The number of benzene rings is 2. The van der Waals surface area contributed by atoms with E-state index < -0.39 is 0 Å². The van der Waals surface area contributed by atoms with Crippen LogP contribution < -0.4 is 14.2 Å². The molecule has 0 saturated heterocycles. The van der Waals surface area contributed by atoms with Crippen molar-refractivity contribution in [2.45, 2.75) is 39.5 Å². The van der Waals surface area contributed by atoms with Crippen molar-refractivity contribution in [3.05, 3.63) is 47.5 Å². The molecular formula is C21H26O4. The SMILES string of the molecule is CCCOc1c(OC)cc(C=O)cc1Oc1ccc(C(C)(C)C)cc1. The molecule has 0 bridgehead atoms. The van der Waals surface area contributed by atoms with E-state index in [1.54, 1.807) is 19.2 Å². The van der Waals surface area contributed by atoms with Gasteiger partial charge in [-0.1, -0.05) is 39.8 Å². The lowest BCUT2D eigenvalue weighted by Crippen LogP contribution is -2.10. The minimum Gasteiger partial charge on any atom is -0.493 e. The zero-order valence-corrected chi connectivity index (χ0v) is 15.6. The molecule has 25 heavy (non-hydrogen) atoms. The number of aldehydes is 1. The Morgan fingerprint density at radius 2 is 1.68 bits per heavy atom. The van der Waals surface area contributed by atoms with Gasteiger partial charge in [-0.25, -0.2) is 0 Å². The highest BCUT2D eigenvalue weighted by Gasteiger charge is 2.17. The maximum Gasteiger partial charge on any atom is 0.204 e. The van der Waals surface area contributed by atoms with Gasteiger partial charge in [-0.05, 0) is 41.7 Å². The molecule has 0 amide bonds. The number of hydrogen-bond donors (Lipinski definition) is 0. The smallest absolute Gasteiger partial charge is 0.204 e. The number of rotatable bonds is 7. The second kappa shape index (κ2) is 8.06. The van der Waals surface area contributed by atoms with Gasteiger partial charge < -0.3 is 14.2 Å². The molecule has 0 heterocycles. The summed E-state index contributed by atoms with van der Waals surface area (Å²) in [5.41, 5.74) is 1.78. The summed E-state index contributed by atoms with van der Waals surface area (Å²) in [6.07, 6.45) is 1.62. The second-order valence-electron chi connectivity index (χ2n) is 6.89. The fourth-order valence-corrected chi connectivity index (χ4v) is 2.39. The van der Waals surface area contributed by atoms with Crippen LogP contribution in [-0.2, 0) is 5.41 Å². The number of carbonyl (C=O) groups excluding carboxylic acids is 1. The number of ether oxygens (including phenoxy) is 3. The van der Waals surface area contributed by atoms with Crippen LogP contribution in [0.5, 0.6) is 23.0 Å². The third-order valence-corrected chi connectivity index (χ3v) is 3.80. The summed E-state index contributed by atoms with van der Waals surface area (Å²) in [6, 6.07) is 11.2. The standard InChI is InChI=1S/C21H26O4/c1-6-11-24-20-18(23-5)12-15(14-22)13-19(20)25-17-9-7-16(8-10-17)21(2,3)4/h7-10,12-14H,6,11H2,1-5H3. The van der Waals surface area contributed by atoms with E-state index in [-0.39, 0.29) is 5.41 Å². The molecule has 0 aliphatic heterocycles. The predicted molar refractivity (Wildman–Crippen MR) is 99.4 cm³/mol. The van der Waals surface area contributed by atoms with Crippen LogP contribution in [0.4, 0.5) is 0 Å². The molecule has 0 aliphatic carbocycles. The third-order valence-electron chi connectivity index (χ3n) is 3.80. The summed E-state index contributed by atoms with van der Waals surface area (Å²) in [4.78, 5) is 11.2. The van der Waals surface area contributed by atoms with Crippen LogP contribution in [0.3, 0.4) is 0 Å². The molecule has 0 unspecified atom stereocenters. The third kappa shape index (κ3) is 4.75. The highest BCUT2D eigenvalue weighted by molar-refractivity contribution is 5.78. The Morgan fingerprint density at radius 1 is 1.04 bits per heavy atom. The van der Waals surface area contributed by atoms with Crippen molar-refractivity contribution >= 4 is 6.29 Å². The van der Waals surface area contributed by atoms with Crippen LogP contribution in [0.25, 0.3) is 0 Å². The molecular weight excluding hydrogens is 316 g/mol. The molecule has 0 spiro atoms. The fourth-order valence-electron chi connectivity index (χ4n) is 2.39. The van der Waals surface area contributed by atoms with Gasteiger partial charge in [-0.3, -0.25) is 4.79 Å². The lowest BCUT2D eigenvalue weighted by Gasteiger charge is -2.20. The topological polar surface area (TPSA) is 44.8 Å². The predicted octanol–water partition coefficient (Wildman–Crippen LogP) is 5.39. The Balaban J connectivity index is 2.37. The minimum absolute atomic E-state index is 0.0780. The first-order valence-corrected chi connectivity index (χ1v) is 8.47.